The van der Waals surface area contributed by atoms with E-state index in [1.165, 1.54) is 0 Å². The van der Waals surface area contributed by atoms with Gasteiger partial charge in [0.2, 0.25) is 5.91 Å². The Morgan fingerprint density at radius 2 is 2.12 bits per heavy atom. The summed E-state index contributed by atoms with van der Waals surface area (Å²) in [4.78, 5) is 15.6. The van der Waals surface area contributed by atoms with Crippen molar-refractivity contribution in [2.75, 3.05) is 7.05 Å². The maximum absolute atomic E-state index is 11.2. The van der Waals surface area contributed by atoms with Gasteiger partial charge in [-0.05, 0) is 18.2 Å². The average molecular weight is 235 g/mol. The van der Waals surface area contributed by atoms with E-state index in [0.717, 1.165) is 16.6 Å². The smallest absolute Gasteiger partial charge is 0.225 e. The van der Waals surface area contributed by atoms with Gasteiger partial charge in [-0.15, -0.1) is 0 Å². The highest BCUT2D eigenvalue weighted by molar-refractivity contribution is 6.31. The van der Waals surface area contributed by atoms with Crippen molar-refractivity contribution in [1.82, 2.24) is 10.3 Å². The van der Waals surface area contributed by atoms with E-state index >= 15 is 0 Å². The third-order valence-electron chi connectivity index (χ3n) is 2.33. The molecule has 4 heteroatoms. The van der Waals surface area contributed by atoms with Crippen LogP contribution >= 0.6 is 11.6 Å². The molecular formula is C12H11ClN2O. The van der Waals surface area contributed by atoms with Crippen molar-refractivity contribution >= 4 is 28.4 Å². The van der Waals surface area contributed by atoms with Gasteiger partial charge in [-0.3, -0.25) is 9.78 Å². The highest BCUT2D eigenvalue weighted by Gasteiger charge is 2.03. The topological polar surface area (TPSA) is 42.0 Å². The zero-order valence-electron chi connectivity index (χ0n) is 8.83. The van der Waals surface area contributed by atoms with E-state index in [-0.39, 0.29) is 5.91 Å². The fourth-order valence-corrected chi connectivity index (χ4v) is 1.65. The van der Waals surface area contributed by atoms with Crippen molar-refractivity contribution in [1.29, 1.82) is 0 Å². The number of fused-ring (bicyclic) bond motifs is 1. The quantitative estimate of drug-likeness (QED) is 0.866. The van der Waals surface area contributed by atoms with E-state index in [1.807, 2.05) is 24.3 Å². The van der Waals surface area contributed by atoms with Crippen molar-refractivity contribution in [3.05, 3.63) is 41.0 Å². The van der Waals surface area contributed by atoms with E-state index in [4.69, 9.17) is 11.6 Å². The molecule has 3 nitrogen and oxygen atoms in total. The number of pyridine rings is 1. The SMILES string of the molecule is CNC(=O)Cc1ccc2ccc(Cl)cc2n1. The van der Waals surface area contributed by atoms with Crippen molar-refractivity contribution in [3.8, 4) is 0 Å². The Bertz CT molecular complexity index is 540. The third kappa shape index (κ3) is 2.31. The molecule has 0 radical (unpaired) electrons. The number of amides is 1. The van der Waals surface area contributed by atoms with Crippen molar-refractivity contribution in [2.45, 2.75) is 6.42 Å². The van der Waals surface area contributed by atoms with E-state index in [1.54, 1.807) is 13.1 Å². The van der Waals surface area contributed by atoms with Gasteiger partial charge in [-0.1, -0.05) is 23.7 Å². The number of aromatic nitrogens is 1. The minimum Gasteiger partial charge on any atom is -0.359 e. The molecule has 0 aliphatic rings. The van der Waals surface area contributed by atoms with Crippen LogP contribution in [0, 0.1) is 0 Å². The molecule has 2 rings (SSSR count). The molecule has 0 aliphatic carbocycles. The van der Waals surface area contributed by atoms with Gasteiger partial charge in [0.05, 0.1) is 17.6 Å². The van der Waals surface area contributed by atoms with Crippen molar-refractivity contribution in [3.63, 3.8) is 0 Å². The Kier molecular flexibility index (Phi) is 3.06. The molecule has 1 amide bonds. The lowest BCUT2D eigenvalue weighted by molar-refractivity contribution is -0.120. The lowest BCUT2D eigenvalue weighted by Crippen LogP contribution is -2.20. The first kappa shape index (κ1) is 10.9. The largest absolute Gasteiger partial charge is 0.359 e. The summed E-state index contributed by atoms with van der Waals surface area (Å²) in [5.74, 6) is -0.0473. The van der Waals surface area contributed by atoms with Gasteiger partial charge >= 0.3 is 0 Å². The van der Waals surface area contributed by atoms with Gasteiger partial charge in [-0.2, -0.15) is 0 Å². The van der Waals surface area contributed by atoms with Crippen LogP contribution in [0.1, 0.15) is 5.69 Å². The molecular weight excluding hydrogens is 224 g/mol. The number of hydrogen-bond acceptors (Lipinski definition) is 2. The van der Waals surface area contributed by atoms with Gasteiger partial charge in [0.25, 0.3) is 0 Å². The Morgan fingerprint density at radius 1 is 1.38 bits per heavy atom. The number of halogens is 1. The Hall–Kier alpha value is -1.61. The zero-order valence-corrected chi connectivity index (χ0v) is 9.58. The summed E-state index contributed by atoms with van der Waals surface area (Å²) in [6.45, 7) is 0. The van der Waals surface area contributed by atoms with Crippen LogP contribution in [0.4, 0.5) is 0 Å². The molecule has 2 aromatic rings. The highest BCUT2D eigenvalue weighted by atomic mass is 35.5. The Labute approximate surface area is 98.4 Å². The molecule has 0 fully saturated rings. The molecule has 1 aromatic heterocycles. The van der Waals surface area contributed by atoms with Crippen LogP contribution in [0.3, 0.4) is 0 Å². The second-order valence-electron chi connectivity index (χ2n) is 3.49. The Balaban J connectivity index is 2.39. The molecule has 16 heavy (non-hydrogen) atoms. The van der Waals surface area contributed by atoms with Crippen LogP contribution in [0.15, 0.2) is 30.3 Å². The molecule has 1 heterocycles. The lowest BCUT2D eigenvalue weighted by atomic mass is 10.2. The van der Waals surface area contributed by atoms with E-state index in [0.29, 0.717) is 11.4 Å². The number of likely N-dealkylation sites (N-methyl/N-ethyl adjacent to an activating group) is 1. The van der Waals surface area contributed by atoms with Crippen LogP contribution in [0.5, 0.6) is 0 Å². The standard InChI is InChI=1S/C12H11ClN2O/c1-14-12(16)7-10-5-3-8-2-4-9(13)6-11(8)15-10/h2-6H,7H2,1H3,(H,14,16). The van der Waals surface area contributed by atoms with Gasteiger partial charge in [0.15, 0.2) is 0 Å². The van der Waals surface area contributed by atoms with Crippen LogP contribution in [-0.4, -0.2) is 17.9 Å². The third-order valence-corrected chi connectivity index (χ3v) is 2.57. The molecule has 0 saturated carbocycles. The van der Waals surface area contributed by atoms with Gasteiger partial charge < -0.3 is 5.32 Å². The van der Waals surface area contributed by atoms with Crippen LogP contribution < -0.4 is 5.32 Å². The number of carbonyl (C=O) groups excluding carboxylic acids is 1. The van der Waals surface area contributed by atoms with Crippen LogP contribution in [-0.2, 0) is 11.2 Å². The maximum atomic E-state index is 11.2. The summed E-state index contributed by atoms with van der Waals surface area (Å²) >= 11 is 5.88. The monoisotopic (exact) mass is 234 g/mol. The zero-order chi connectivity index (χ0) is 11.5. The first-order chi connectivity index (χ1) is 7.69. The lowest BCUT2D eigenvalue weighted by Gasteiger charge is -2.02. The number of nitrogens with one attached hydrogen (secondary N) is 1. The number of carbonyl (C=O) groups is 1. The van der Waals surface area contributed by atoms with E-state index in [2.05, 4.69) is 10.3 Å². The summed E-state index contributed by atoms with van der Waals surface area (Å²) in [6, 6.07) is 9.32. The Morgan fingerprint density at radius 3 is 2.88 bits per heavy atom. The normalized spacial score (nSPS) is 10.4. The second kappa shape index (κ2) is 4.49. The summed E-state index contributed by atoms with van der Waals surface area (Å²) in [5.41, 5.74) is 1.56. The average Bonchev–Trinajstić information content (AvgIpc) is 2.28. The molecule has 0 spiro atoms. The first-order valence-electron chi connectivity index (χ1n) is 4.95. The number of rotatable bonds is 2. The maximum Gasteiger partial charge on any atom is 0.225 e. The summed E-state index contributed by atoms with van der Waals surface area (Å²) in [7, 11) is 1.61. The minimum absolute atomic E-state index is 0.0473. The molecule has 1 N–H and O–H groups in total. The predicted octanol–water partition coefficient (Wildman–Crippen LogP) is 2.18. The first-order valence-corrected chi connectivity index (χ1v) is 5.32. The predicted molar refractivity (Wildman–Crippen MR) is 64.5 cm³/mol. The van der Waals surface area contributed by atoms with E-state index in [9.17, 15) is 4.79 Å². The second-order valence-corrected chi connectivity index (χ2v) is 3.93. The fraction of sp³-hybridized carbons (Fsp3) is 0.167. The summed E-state index contributed by atoms with van der Waals surface area (Å²) < 4.78 is 0. The summed E-state index contributed by atoms with van der Waals surface area (Å²) in [6.07, 6.45) is 0.291. The van der Waals surface area contributed by atoms with Crippen LogP contribution in [0.2, 0.25) is 5.02 Å². The van der Waals surface area contributed by atoms with Crippen molar-refractivity contribution in [2.24, 2.45) is 0 Å². The molecule has 1 aromatic carbocycles. The number of hydrogen-bond donors (Lipinski definition) is 1. The van der Waals surface area contributed by atoms with Crippen LogP contribution in [0.25, 0.3) is 10.9 Å². The molecule has 0 unspecified atom stereocenters. The molecule has 0 saturated heterocycles. The number of nitrogens with zero attached hydrogens (tertiary/aromatic N) is 1. The number of benzene rings is 1. The molecule has 0 aliphatic heterocycles. The minimum atomic E-state index is -0.0473. The molecule has 0 atom stereocenters. The fourth-order valence-electron chi connectivity index (χ4n) is 1.48. The summed E-state index contributed by atoms with van der Waals surface area (Å²) in [5, 5.41) is 4.24. The molecule has 82 valence electrons. The molecule has 0 bridgehead atoms. The van der Waals surface area contributed by atoms with Crippen molar-refractivity contribution < 1.29 is 4.79 Å². The van der Waals surface area contributed by atoms with E-state index < -0.39 is 0 Å². The van der Waals surface area contributed by atoms with Gasteiger partial charge in [0.1, 0.15) is 0 Å². The van der Waals surface area contributed by atoms with Gasteiger partial charge in [-0.25, -0.2) is 0 Å². The highest BCUT2D eigenvalue weighted by Crippen LogP contribution is 2.18. The van der Waals surface area contributed by atoms with Gasteiger partial charge in [0, 0.05) is 17.5 Å².